The minimum atomic E-state index is -0.687. The van der Waals surface area contributed by atoms with E-state index in [-0.39, 0.29) is 0 Å². The molecule has 1 aromatic rings. The van der Waals surface area contributed by atoms with Crippen molar-refractivity contribution in [3.8, 4) is 0 Å². The summed E-state index contributed by atoms with van der Waals surface area (Å²) in [6.07, 6.45) is 2.71. The van der Waals surface area contributed by atoms with Crippen LogP contribution in [0.4, 0.5) is 5.69 Å². The van der Waals surface area contributed by atoms with Gasteiger partial charge in [-0.2, -0.15) is 12.6 Å². The third-order valence-corrected chi connectivity index (χ3v) is 2.07. The summed E-state index contributed by atoms with van der Waals surface area (Å²) in [6.45, 7) is 1.43. The second kappa shape index (κ2) is 6.29. The maximum atomic E-state index is 11.1. The topological polar surface area (TPSA) is 74.4 Å². The second-order valence-electron chi connectivity index (χ2n) is 3.03. The summed E-state index contributed by atoms with van der Waals surface area (Å²) < 4.78 is 6.73. The average molecular weight is 244 g/mol. The van der Waals surface area contributed by atoms with Crippen molar-refractivity contribution in [3.63, 3.8) is 0 Å². The lowest BCUT2D eigenvalue weighted by atomic mass is 10.4. The first-order valence-corrected chi connectivity index (χ1v) is 5.31. The van der Waals surface area contributed by atoms with Crippen molar-refractivity contribution in [1.29, 1.82) is 0 Å². The van der Waals surface area contributed by atoms with Crippen molar-refractivity contribution in [3.05, 3.63) is 38.8 Å². The predicted molar refractivity (Wildman–Crippen MR) is 62.0 cm³/mol. The highest BCUT2D eigenvalue weighted by atomic mass is 32.1. The molecular weight excluding hydrogens is 232 g/mol. The molecule has 0 bridgehead atoms. The van der Waals surface area contributed by atoms with Crippen LogP contribution in [0.15, 0.2) is 23.3 Å². The van der Waals surface area contributed by atoms with Gasteiger partial charge in [0, 0.05) is 24.6 Å². The molecule has 0 aliphatic heterocycles. The second-order valence-corrected chi connectivity index (χ2v) is 3.47. The molecule has 0 saturated carbocycles. The van der Waals surface area contributed by atoms with Gasteiger partial charge in [0.2, 0.25) is 0 Å². The number of pyridine rings is 1. The van der Waals surface area contributed by atoms with Gasteiger partial charge >= 0.3 is 5.69 Å². The standard InChI is InChI=1S/C9H12N2O4S/c12-9-1-2-10(3-4-15-5-6-16)7-8(9)11(13)14/h1-2,7,16H,3-6H2. The van der Waals surface area contributed by atoms with Crippen LogP contribution >= 0.6 is 12.6 Å². The Hall–Kier alpha value is -1.34. The molecule has 0 radical (unpaired) electrons. The van der Waals surface area contributed by atoms with Gasteiger partial charge in [0.05, 0.1) is 24.3 Å². The smallest absolute Gasteiger partial charge is 0.332 e. The van der Waals surface area contributed by atoms with E-state index in [0.717, 1.165) is 0 Å². The molecule has 0 spiro atoms. The van der Waals surface area contributed by atoms with Crippen LogP contribution in [-0.4, -0.2) is 28.5 Å². The highest BCUT2D eigenvalue weighted by molar-refractivity contribution is 7.80. The molecule has 1 aromatic heterocycles. The fourth-order valence-electron chi connectivity index (χ4n) is 1.13. The Morgan fingerprint density at radius 2 is 2.25 bits per heavy atom. The third-order valence-electron chi connectivity index (χ3n) is 1.88. The number of nitrogens with zero attached hydrogens (tertiary/aromatic N) is 2. The van der Waals surface area contributed by atoms with Crippen LogP contribution in [0.2, 0.25) is 0 Å². The summed E-state index contributed by atoms with van der Waals surface area (Å²) in [5.41, 5.74) is -1.01. The number of hydrogen-bond donors (Lipinski definition) is 1. The fraction of sp³-hybridized carbons (Fsp3) is 0.444. The van der Waals surface area contributed by atoms with Crippen LogP contribution in [0.3, 0.4) is 0 Å². The van der Waals surface area contributed by atoms with E-state index in [1.807, 2.05) is 0 Å². The van der Waals surface area contributed by atoms with Gasteiger partial charge in [0.25, 0.3) is 5.43 Å². The van der Waals surface area contributed by atoms with Gasteiger partial charge in [-0.25, -0.2) is 0 Å². The maximum Gasteiger partial charge on any atom is 0.332 e. The van der Waals surface area contributed by atoms with E-state index in [0.29, 0.717) is 25.5 Å². The number of ether oxygens (including phenoxy) is 1. The molecule has 0 amide bonds. The molecule has 0 saturated heterocycles. The van der Waals surface area contributed by atoms with Crippen molar-refractivity contribution in [1.82, 2.24) is 4.57 Å². The van der Waals surface area contributed by atoms with Gasteiger partial charge in [0.15, 0.2) is 0 Å². The zero-order valence-corrected chi connectivity index (χ0v) is 9.43. The first-order valence-electron chi connectivity index (χ1n) is 4.68. The summed E-state index contributed by atoms with van der Waals surface area (Å²) in [6, 6.07) is 1.18. The SMILES string of the molecule is O=c1ccn(CCOCCS)cc1[N+](=O)[O-]. The molecule has 7 heteroatoms. The summed E-state index contributed by atoms with van der Waals surface area (Å²) in [7, 11) is 0. The lowest BCUT2D eigenvalue weighted by Gasteiger charge is -2.05. The van der Waals surface area contributed by atoms with Crippen LogP contribution in [0.5, 0.6) is 0 Å². The normalized spacial score (nSPS) is 10.3. The lowest BCUT2D eigenvalue weighted by molar-refractivity contribution is -0.386. The number of aromatic nitrogens is 1. The summed E-state index contributed by atoms with van der Waals surface area (Å²) in [5.74, 6) is 0.629. The van der Waals surface area contributed by atoms with Crippen LogP contribution in [-0.2, 0) is 11.3 Å². The molecule has 16 heavy (non-hydrogen) atoms. The molecule has 88 valence electrons. The molecule has 6 nitrogen and oxygen atoms in total. The molecular formula is C9H12N2O4S. The van der Waals surface area contributed by atoms with Gasteiger partial charge < -0.3 is 9.30 Å². The van der Waals surface area contributed by atoms with Gasteiger partial charge in [-0.15, -0.1) is 0 Å². The summed E-state index contributed by atoms with van der Waals surface area (Å²) in [5, 5.41) is 10.5. The van der Waals surface area contributed by atoms with E-state index >= 15 is 0 Å². The lowest BCUT2D eigenvalue weighted by Crippen LogP contribution is -2.13. The van der Waals surface area contributed by atoms with Crippen molar-refractivity contribution < 1.29 is 9.66 Å². The zero-order valence-electron chi connectivity index (χ0n) is 8.54. The molecule has 0 aromatic carbocycles. The highest BCUT2D eigenvalue weighted by Gasteiger charge is 2.10. The Kier molecular flexibility index (Phi) is 5.00. The molecule has 0 aliphatic rings. The fourth-order valence-corrected chi connectivity index (χ4v) is 1.25. The first kappa shape index (κ1) is 12.7. The number of nitro groups is 1. The highest BCUT2D eigenvalue weighted by Crippen LogP contribution is 2.02. The Bertz CT molecular complexity index is 418. The minimum Gasteiger partial charge on any atom is -0.379 e. The van der Waals surface area contributed by atoms with Gasteiger partial charge in [-0.05, 0) is 0 Å². The molecule has 1 rings (SSSR count). The Morgan fingerprint density at radius 3 is 2.88 bits per heavy atom. The zero-order chi connectivity index (χ0) is 12.0. The van der Waals surface area contributed by atoms with E-state index in [4.69, 9.17) is 4.74 Å². The molecule has 0 fully saturated rings. The summed E-state index contributed by atoms with van der Waals surface area (Å²) >= 11 is 3.98. The Morgan fingerprint density at radius 1 is 1.50 bits per heavy atom. The number of thiol groups is 1. The molecule has 0 atom stereocenters. The van der Waals surface area contributed by atoms with E-state index < -0.39 is 16.0 Å². The van der Waals surface area contributed by atoms with Crippen molar-refractivity contribution >= 4 is 18.3 Å². The van der Waals surface area contributed by atoms with E-state index in [2.05, 4.69) is 12.6 Å². The minimum absolute atomic E-state index is 0.420. The molecule has 0 N–H and O–H groups in total. The third kappa shape index (κ3) is 3.67. The van der Waals surface area contributed by atoms with E-state index in [1.165, 1.54) is 18.5 Å². The quantitative estimate of drug-likeness (QED) is 0.346. The van der Waals surface area contributed by atoms with Gasteiger partial charge in [-0.3, -0.25) is 14.9 Å². The predicted octanol–water partition coefficient (Wildman–Crippen LogP) is 0.703. The first-order chi connectivity index (χ1) is 7.65. The Balaban J connectivity index is 2.64. The summed E-state index contributed by atoms with van der Waals surface area (Å²) in [4.78, 5) is 20.9. The van der Waals surface area contributed by atoms with Crippen molar-refractivity contribution in [2.45, 2.75) is 6.54 Å². The monoisotopic (exact) mass is 244 g/mol. The van der Waals surface area contributed by atoms with Crippen LogP contribution in [0, 0.1) is 10.1 Å². The Labute approximate surface area is 97.4 Å². The van der Waals surface area contributed by atoms with Crippen LogP contribution in [0.1, 0.15) is 0 Å². The van der Waals surface area contributed by atoms with E-state index in [9.17, 15) is 14.9 Å². The largest absolute Gasteiger partial charge is 0.379 e. The molecule has 0 aliphatic carbocycles. The van der Waals surface area contributed by atoms with Gasteiger partial charge in [0.1, 0.15) is 0 Å². The van der Waals surface area contributed by atoms with Crippen LogP contribution in [0.25, 0.3) is 0 Å². The van der Waals surface area contributed by atoms with E-state index in [1.54, 1.807) is 4.57 Å². The maximum absolute atomic E-state index is 11.1. The molecule has 0 unspecified atom stereocenters. The number of rotatable bonds is 6. The average Bonchev–Trinajstić information content (AvgIpc) is 2.26. The molecule has 1 heterocycles. The van der Waals surface area contributed by atoms with Crippen LogP contribution < -0.4 is 5.43 Å². The van der Waals surface area contributed by atoms with Crippen molar-refractivity contribution in [2.24, 2.45) is 0 Å². The van der Waals surface area contributed by atoms with Crippen molar-refractivity contribution in [2.75, 3.05) is 19.0 Å². The van der Waals surface area contributed by atoms with Gasteiger partial charge in [-0.1, -0.05) is 0 Å². The number of hydrogen-bond acceptors (Lipinski definition) is 5.